The van der Waals surface area contributed by atoms with Gasteiger partial charge in [-0.1, -0.05) is 5.16 Å². The van der Waals surface area contributed by atoms with Crippen LogP contribution in [-0.2, 0) is 9.57 Å². The van der Waals surface area contributed by atoms with Crippen LogP contribution in [0.1, 0.15) is 27.7 Å². The summed E-state index contributed by atoms with van der Waals surface area (Å²) in [7, 11) is 2.90. The minimum Gasteiger partial charge on any atom is -0.390 e. The van der Waals surface area contributed by atoms with E-state index in [0.717, 1.165) is 6.34 Å². The summed E-state index contributed by atoms with van der Waals surface area (Å²) in [5, 5.41) is 13.2. The summed E-state index contributed by atoms with van der Waals surface area (Å²) < 4.78 is 19.0. The number of allylic oxidation sites excluding steroid dienone is 3. The van der Waals surface area contributed by atoms with Crippen molar-refractivity contribution in [3.05, 3.63) is 23.1 Å². The maximum absolute atomic E-state index is 14.3. The summed E-state index contributed by atoms with van der Waals surface area (Å²) >= 11 is 0. The lowest BCUT2D eigenvalue weighted by Gasteiger charge is -2.24. The standard InChI is InChI=1S/C17H30FN5O3/c1-7-22-26-13(3)8-16(21-11-19)12(2)9-20-14(4)15(18)10-23(5)17(24)25-6/h7-9,11,14-15,17,24H,10H2,1-6H3,(H2,19,21)/b13-8+,16-12?,20-9?,22-7+/t14-,15+,17?/m0/s1. The second-order valence-corrected chi connectivity index (χ2v) is 5.59. The molecule has 148 valence electrons. The van der Waals surface area contributed by atoms with Gasteiger partial charge in [0.25, 0.3) is 0 Å². The first-order valence-electron chi connectivity index (χ1n) is 8.13. The first kappa shape index (κ1) is 23.9. The summed E-state index contributed by atoms with van der Waals surface area (Å²) in [6.07, 6.45) is 3.41. The number of hydrogen-bond acceptors (Lipinski definition) is 7. The lowest BCUT2D eigenvalue weighted by molar-refractivity contribution is -0.171. The average Bonchev–Trinajstić information content (AvgIpc) is 2.62. The Labute approximate surface area is 154 Å². The molecular formula is C17H30FN5O3. The Kier molecular flexibility index (Phi) is 12.1. The molecule has 0 heterocycles. The molecule has 1 unspecified atom stereocenters. The normalized spacial score (nSPS) is 18.0. The van der Waals surface area contributed by atoms with Crippen LogP contribution in [0.3, 0.4) is 0 Å². The summed E-state index contributed by atoms with van der Waals surface area (Å²) in [6.45, 7) is 6.86. The van der Waals surface area contributed by atoms with Crippen molar-refractivity contribution in [2.45, 2.75) is 46.3 Å². The van der Waals surface area contributed by atoms with Crippen LogP contribution < -0.4 is 5.73 Å². The first-order valence-corrected chi connectivity index (χ1v) is 8.13. The summed E-state index contributed by atoms with van der Waals surface area (Å²) in [5.41, 5.74) is 6.58. The van der Waals surface area contributed by atoms with Crippen molar-refractivity contribution in [2.75, 3.05) is 20.7 Å². The molecule has 0 aromatic rings. The van der Waals surface area contributed by atoms with E-state index in [1.165, 1.54) is 24.4 Å². The van der Waals surface area contributed by atoms with E-state index in [2.05, 4.69) is 15.1 Å². The monoisotopic (exact) mass is 371 g/mol. The highest BCUT2D eigenvalue weighted by Gasteiger charge is 2.20. The minimum atomic E-state index is -1.28. The van der Waals surface area contributed by atoms with E-state index in [1.54, 1.807) is 40.8 Å². The van der Waals surface area contributed by atoms with Gasteiger partial charge in [-0.3, -0.25) is 9.89 Å². The van der Waals surface area contributed by atoms with Crippen LogP contribution in [0.4, 0.5) is 4.39 Å². The molecule has 0 saturated heterocycles. The van der Waals surface area contributed by atoms with E-state index in [-0.39, 0.29) is 6.54 Å². The Morgan fingerprint density at radius 2 is 2.04 bits per heavy atom. The zero-order valence-corrected chi connectivity index (χ0v) is 16.3. The quantitative estimate of drug-likeness (QED) is 0.144. The van der Waals surface area contributed by atoms with Crippen LogP contribution >= 0.6 is 0 Å². The van der Waals surface area contributed by atoms with Gasteiger partial charge >= 0.3 is 0 Å². The molecule has 0 aliphatic rings. The molecule has 0 amide bonds. The maximum atomic E-state index is 14.3. The van der Waals surface area contributed by atoms with Crippen LogP contribution in [0.2, 0.25) is 0 Å². The fourth-order valence-electron chi connectivity index (χ4n) is 1.77. The number of methoxy groups -OCH3 is 1. The predicted molar refractivity (Wildman–Crippen MR) is 103 cm³/mol. The Bertz CT molecular complexity index is 561. The largest absolute Gasteiger partial charge is 0.390 e. The van der Waals surface area contributed by atoms with Crippen LogP contribution in [0.5, 0.6) is 0 Å². The van der Waals surface area contributed by atoms with Crippen LogP contribution in [0.25, 0.3) is 0 Å². The van der Waals surface area contributed by atoms with E-state index >= 15 is 0 Å². The lowest BCUT2D eigenvalue weighted by Crippen LogP contribution is -2.40. The van der Waals surface area contributed by atoms with E-state index in [4.69, 9.17) is 15.3 Å². The Balaban J connectivity index is 5.13. The highest BCUT2D eigenvalue weighted by atomic mass is 19.1. The molecule has 8 nitrogen and oxygen atoms in total. The van der Waals surface area contributed by atoms with Gasteiger partial charge in [0, 0.05) is 32.2 Å². The number of nitrogens with zero attached hydrogens (tertiary/aromatic N) is 4. The van der Waals surface area contributed by atoms with Crippen LogP contribution in [-0.4, -0.2) is 68.1 Å². The van der Waals surface area contributed by atoms with Gasteiger partial charge in [0.1, 0.15) is 11.9 Å². The van der Waals surface area contributed by atoms with E-state index in [9.17, 15) is 9.50 Å². The van der Waals surface area contributed by atoms with Crippen molar-refractivity contribution in [2.24, 2.45) is 20.9 Å². The van der Waals surface area contributed by atoms with Crippen molar-refractivity contribution in [1.82, 2.24) is 4.90 Å². The third kappa shape index (κ3) is 9.40. The molecule has 0 saturated carbocycles. The number of nitrogens with two attached hydrogens (primary N) is 1. The Morgan fingerprint density at radius 1 is 1.38 bits per heavy atom. The number of halogens is 1. The lowest BCUT2D eigenvalue weighted by atomic mass is 10.2. The fourth-order valence-corrected chi connectivity index (χ4v) is 1.77. The molecule has 0 aliphatic carbocycles. The number of aliphatic hydroxyl groups is 1. The molecule has 0 aromatic carbocycles. The number of aliphatic hydroxyl groups excluding tert-OH is 1. The van der Waals surface area contributed by atoms with Crippen molar-refractivity contribution in [1.29, 1.82) is 0 Å². The van der Waals surface area contributed by atoms with E-state index < -0.39 is 18.6 Å². The highest BCUT2D eigenvalue weighted by molar-refractivity contribution is 5.80. The molecule has 26 heavy (non-hydrogen) atoms. The highest BCUT2D eigenvalue weighted by Crippen LogP contribution is 2.12. The molecule has 3 atom stereocenters. The van der Waals surface area contributed by atoms with Crippen molar-refractivity contribution >= 4 is 18.8 Å². The fraction of sp³-hybridized carbons (Fsp3) is 0.588. The average molecular weight is 371 g/mol. The Morgan fingerprint density at radius 3 is 2.58 bits per heavy atom. The summed E-state index contributed by atoms with van der Waals surface area (Å²) in [6, 6.07) is -0.620. The van der Waals surface area contributed by atoms with Crippen LogP contribution in [0, 0.1) is 0 Å². The molecule has 0 radical (unpaired) electrons. The van der Waals surface area contributed by atoms with Gasteiger partial charge in [0.15, 0.2) is 0 Å². The molecular weight excluding hydrogens is 341 g/mol. The molecule has 3 N–H and O–H groups in total. The maximum Gasteiger partial charge on any atom is 0.215 e. The topological polar surface area (TPSA) is 105 Å². The molecule has 0 bridgehead atoms. The third-order valence-corrected chi connectivity index (χ3v) is 3.34. The molecule has 0 fully saturated rings. The van der Waals surface area contributed by atoms with E-state index in [0.29, 0.717) is 17.0 Å². The summed E-state index contributed by atoms with van der Waals surface area (Å²) in [5.74, 6) is 0.517. The number of oxime groups is 1. The van der Waals surface area contributed by atoms with Crippen molar-refractivity contribution in [3.63, 3.8) is 0 Å². The van der Waals surface area contributed by atoms with E-state index in [1.807, 2.05) is 0 Å². The first-order chi connectivity index (χ1) is 12.3. The van der Waals surface area contributed by atoms with Crippen molar-refractivity contribution < 1.29 is 19.1 Å². The number of aliphatic imine (C=N–C) groups is 2. The van der Waals surface area contributed by atoms with Gasteiger partial charge in [-0.05, 0) is 40.3 Å². The zero-order chi connectivity index (χ0) is 20.1. The van der Waals surface area contributed by atoms with Gasteiger partial charge < -0.3 is 20.4 Å². The number of rotatable bonds is 11. The molecule has 0 aromatic heterocycles. The molecule has 9 heteroatoms. The Hall–Kier alpha value is -2.10. The van der Waals surface area contributed by atoms with Gasteiger partial charge in [-0.25, -0.2) is 9.38 Å². The van der Waals surface area contributed by atoms with Crippen molar-refractivity contribution in [3.8, 4) is 0 Å². The SMILES string of the molecule is C/C=N/O/C(C)=C/C(N=CN)=C(C)C=N[C@@H](C)[C@H](F)CN(C)C(O)OC. The third-order valence-electron chi connectivity index (χ3n) is 3.34. The number of alkyl halides is 1. The second kappa shape index (κ2) is 13.2. The molecule has 0 rings (SSSR count). The number of ether oxygens (including phenoxy) is 1. The van der Waals surface area contributed by atoms with Gasteiger partial charge in [-0.15, -0.1) is 0 Å². The van der Waals surface area contributed by atoms with Crippen LogP contribution in [0.15, 0.2) is 38.2 Å². The molecule has 0 aliphatic heterocycles. The predicted octanol–water partition coefficient (Wildman–Crippen LogP) is 1.83. The van der Waals surface area contributed by atoms with Gasteiger partial charge in [-0.2, -0.15) is 0 Å². The second-order valence-electron chi connectivity index (χ2n) is 5.59. The minimum absolute atomic E-state index is 0.0219. The van der Waals surface area contributed by atoms with Gasteiger partial charge in [0.05, 0.1) is 18.1 Å². The van der Waals surface area contributed by atoms with Gasteiger partial charge in [0.2, 0.25) is 6.41 Å². The molecule has 0 spiro atoms. The zero-order valence-electron chi connectivity index (χ0n) is 16.3. The number of hydrogen-bond donors (Lipinski definition) is 2. The smallest absolute Gasteiger partial charge is 0.215 e. The summed E-state index contributed by atoms with van der Waals surface area (Å²) in [4.78, 5) is 14.7.